The molecule has 0 aromatic heterocycles. The molecule has 4 nitrogen and oxygen atoms in total. The molecule has 1 amide bonds. The number of fused-ring (bicyclic) bond motifs is 3. The molecule has 0 spiro atoms. The van der Waals surface area contributed by atoms with E-state index in [2.05, 4.69) is 5.32 Å². The molecule has 4 unspecified atom stereocenters. The molecule has 3 aliphatic rings. The van der Waals surface area contributed by atoms with Gasteiger partial charge in [-0.2, -0.15) is 0 Å². The lowest BCUT2D eigenvalue weighted by atomic mass is 9.86. The summed E-state index contributed by atoms with van der Waals surface area (Å²) in [5.74, 6) is 2.32. The van der Waals surface area contributed by atoms with Crippen molar-refractivity contribution < 1.29 is 13.2 Å². The number of carbonyl (C=O) groups excluding carboxylic acids is 1. The maximum atomic E-state index is 12.5. The Balaban J connectivity index is 1.46. The molecular weight excluding hydrogens is 310 g/mol. The molecule has 2 bridgehead atoms. The first-order valence-corrected chi connectivity index (χ1v) is 10.3. The summed E-state index contributed by atoms with van der Waals surface area (Å²) in [4.78, 5) is 12.8. The fourth-order valence-corrected chi connectivity index (χ4v) is 6.48. The summed E-state index contributed by atoms with van der Waals surface area (Å²) in [6.07, 6.45) is 6.22. The summed E-state index contributed by atoms with van der Waals surface area (Å²) >= 11 is 0. The van der Waals surface area contributed by atoms with Crippen molar-refractivity contribution in [2.45, 2.75) is 49.5 Å². The molecule has 5 heteroatoms. The van der Waals surface area contributed by atoms with E-state index in [9.17, 15) is 13.2 Å². The zero-order chi connectivity index (χ0) is 16.0. The fraction of sp³-hybridized carbons (Fsp3) is 0.611. The van der Waals surface area contributed by atoms with Gasteiger partial charge in [0, 0.05) is 6.42 Å². The van der Waals surface area contributed by atoms with Crippen LogP contribution in [0.1, 0.15) is 50.1 Å². The van der Waals surface area contributed by atoms with Crippen LogP contribution in [0.25, 0.3) is 0 Å². The zero-order valence-corrected chi connectivity index (χ0v) is 14.0. The summed E-state index contributed by atoms with van der Waals surface area (Å²) in [6, 6.07) is 6.90. The molecule has 2 aliphatic carbocycles. The second-order valence-electron chi connectivity index (χ2n) is 7.40. The highest BCUT2D eigenvalue weighted by molar-refractivity contribution is 7.91. The Morgan fingerprint density at radius 1 is 1.13 bits per heavy atom. The normalized spacial score (nSPS) is 34.1. The van der Waals surface area contributed by atoms with Gasteiger partial charge in [0.05, 0.1) is 16.7 Å². The molecule has 124 valence electrons. The molecular formula is C18H23NO3S. The summed E-state index contributed by atoms with van der Waals surface area (Å²) in [6.45, 7) is 0. The maximum Gasteiger partial charge on any atom is 0.220 e. The number of amides is 1. The first-order valence-electron chi connectivity index (χ1n) is 8.64. The van der Waals surface area contributed by atoms with Crippen LogP contribution in [0.2, 0.25) is 0 Å². The SMILES string of the molecule is O=C(CC1CC2CCC1C2)NC1CCS(=O)(=O)c2ccccc21. The third-order valence-corrected chi connectivity index (χ3v) is 7.79. The van der Waals surface area contributed by atoms with Gasteiger partial charge in [0.15, 0.2) is 9.84 Å². The van der Waals surface area contributed by atoms with Gasteiger partial charge in [0.25, 0.3) is 0 Å². The predicted molar refractivity (Wildman–Crippen MR) is 87.6 cm³/mol. The zero-order valence-electron chi connectivity index (χ0n) is 13.2. The molecule has 2 saturated carbocycles. The number of sulfone groups is 1. The quantitative estimate of drug-likeness (QED) is 0.925. The largest absolute Gasteiger partial charge is 0.349 e. The summed E-state index contributed by atoms with van der Waals surface area (Å²) in [5, 5.41) is 3.10. The highest BCUT2D eigenvalue weighted by Gasteiger charge is 2.40. The van der Waals surface area contributed by atoms with Crippen molar-refractivity contribution in [3.8, 4) is 0 Å². The first kappa shape index (κ1) is 15.2. The molecule has 4 atom stereocenters. The van der Waals surface area contributed by atoms with Crippen molar-refractivity contribution in [3.63, 3.8) is 0 Å². The topological polar surface area (TPSA) is 63.2 Å². The van der Waals surface area contributed by atoms with Crippen LogP contribution in [-0.2, 0) is 14.6 Å². The van der Waals surface area contributed by atoms with Gasteiger partial charge in [0.2, 0.25) is 5.91 Å². The van der Waals surface area contributed by atoms with E-state index in [1.807, 2.05) is 12.1 Å². The molecule has 1 N–H and O–H groups in total. The summed E-state index contributed by atoms with van der Waals surface area (Å²) in [7, 11) is -3.19. The van der Waals surface area contributed by atoms with Crippen LogP contribution in [-0.4, -0.2) is 20.1 Å². The number of hydrogen-bond donors (Lipinski definition) is 1. The molecule has 0 radical (unpaired) electrons. The molecule has 1 aliphatic heterocycles. The van der Waals surface area contributed by atoms with E-state index in [1.165, 1.54) is 25.7 Å². The third kappa shape index (κ3) is 2.80. The number of rotatable bonds is 3. The third-order valence-electron chi connectivity index (χ3n) is 5.97. The average molecular weight is 333 g/mol. The van der Waals surface area contributed by atoms with E-state index in [0.717, 1.165) is 17.4 Å². The van der Waals surface area contributed by atoms with Crippen molar-refractivity contribution in [2.75, 3.05) is 5.75 Å². The molecule has 1 aromatic rings. The Morgan fingerprint density at radius 3 is 2.70 bits per heavy atom. The lowest BCUT2D eigenvalue weighted by Crippen LogP contribution is -2.35. The summed E-state index contributed by atoms with van der Waals surface area (Å²) in [5.41, 5.74) is 0.750. The molecule has 1 aromatic carbocycles. The van der Waals surface area contributed by atoms with E-state index >= 15 is 0 Å². The van der Waals surface area contributed by atoms with Crippen LogP contribution in [0, 0.1) is 17.8 Å². The van der Waals surface area contributed by atoms with E-state index in [1.54, 1.807) is 12.1 Å². The highest BCUT2D eigenvalue weighted by atomic mass is 32.2. The molecule has 4 rings (SSSR count). The Bertz CT molecular complexity index is 728. The minimum absolute atomic E-state index is 0.0849. The van der Waals surface area contributed by atoms with Crippen LogP contribution in [0.5, 0.6) is 0 Å². The molecule has 1 heterocycles. The van der Waals surface area contributed by atoms with Crippen LogP contribution >= 0.6 is 0 Å². The number of hydrogen-bond acceptors (Lipinski definition) is 3. The van der Waals surface area contributed by atoms with Gasteiger partial charge in [-0.25, -0.2) is 8.42 Å². The average Bonchev–Trinajstić information content (AvgIpc) is 3.13. The molecule has 0 saturated heterocycles. The lowest BCUT2D eigenvalue weighted by Gasteiger charge is -2.27. The Kier molecular flexibility index (Phi) is 3.71. The van der Waals surface area contributed by atoms with Crippen molar-refractivity contribution in [1.29, 1.82) is 0 Å². The van der Waals surface area contributed by atoms with E-state index in [-0.39, 0.29) is 17.7 Å². The van der Waals surface area contributed by atoms with Gasteiger partial charge >= 0.3 is 0 Å². The molecule has 2 fully saturated rings. The van der Waals surface area contributed by atoms with Crippen molar-refractivity contribution in [2.24, 2.45) is 17.8 Å². The van der Waals surface area contributed by atoms with Crippen molar-refractivity contribution >= 4 is 15.7 Å². The van der Waals surface area contributed by atoms with Gasteiger partial charge in [-0.05, 0) is 55.1 Å². The van der Waals surface area contributed by atoms with Gasteiger partial charge in [0.1, 0.15) is 0 Å². The van der Waals surface area contributed by atoms with Crippen LogP contribution in [0.3, 0.4) is 0 Å². The van der Waals surface area contributed by atoms with Gasteiger partial charge in [-0.3, -0.25) is 4.79 Å². The minimum atomic E-state index is -3.19. The highest BCUT2D eigenvalue weighted by Crippen LogP contribution is 2.49. The number of benzene rings is 1. The van der Waals surface area contributed by atoms with Gasteiger partial charge in [-0.15, -0.1) is 0 Å². The Labute approximate surface area is 137 Å². The first-order chi connectivity index (χ1) is 11.0. The number of nitrogens with one attached hydrogen (secondary N) is 1. The van der Waals surface area contributed by atoms with Crippen LogP contribution < -0.4 is 5.32 Å². The molecule has 23 heavy (non-hydrogen) atoms. The predicted octanol–water partition coefficient (Wildman–Crippen LogP) is 2.85. The second-order valence-corrected chi connectivity index (χ2v) is 9.48. The minimum Gasteiger partial charge on any atom is -0.349 e. The smallest absolute Gasteiger partial charge is 0.220 e. The maximum absolute atomic E-state index is 12.5. The van der Waals surface area contributed by atoms with Crippen molar-refractivity contribution in [3.05, 3.63) is 29.8 Å². The standard InChI is InChI=1S/C18H23NO3S/c20-18(11-14-10-12-5-6-13(14)9-12)19-16-7-8-23(21,22)17-4-2-1-3-15(16)17/h1-4,12-14,16H,5-11H2,(H,19,20). The Hall–Kier alpha value is -1.36. The Morgan fingerprint density at radius 2 is 1.96 bits per heavy atom. The van der Waals surface area contributed by atoms with Gasteiger partial charge in [-0.1, -0.05) is 24.6 Å². The number of carbonyl (C=O) groups is 1. The van der Waals surface area contributed by atoms with Crippen LogP contribution in [0.15, 0.2) is 29.2 Å². The van der Waals surface area contributed by atoms with Crippen LogP contribution in [0.4, 0.5) is 0 Å². The summed E-state index contributed by atoms with van der Waals surface area (Å²) < 4.78 is 24.3. The van der Waals surface area contributed by atoms with Crippen molar-refractivity contribution in [1.82, 2.24) is 5.32 Å². The van der Waals surface area contributed by atoms with E-state index in [0.29, 0.717) is 23.7 Å². The second kappa shape index (κ2) is 5.62. The van der Waals surface area contributed by atoms with E-state index < -0.39 is 9.84 Å². The fourth-order valence-electron chi connectivity index (χ4n) is 4.86. The van der Waals surface area contributed by atoms with Gasteiger partial charge < -0.3 is 5.32 Å². The monoisotopic (exact) mass is 333 g/mol. The lowest BCUT2D eigenvalue weighted by molar-refractivity contribution is -0.123. The van der Waals surface area contributed by atoms with E-state index in [4.69, 9.17) is 0 Å².